The highest BCUT2D eigenvalue weighted by Gasteiger charge is 1.66. The average molecular weight is 166 g/mol. The van der Waals surface area contributed by atoms with E-state index in [2.05, 4.69) is 20.4 Å². The van der Waals surface area contributed by atoms with Crippen molar-refractivity contribution in [2.45, 2.75) is 40.5 Å². The Kier molecular flexibility index (Phi) is 14.8. The van der Waals surface area contributed by atoms with E-state index in [1.807, 2.05) is 38.2 Å². The van der Waals surface area contributed by atoms with E-state index in [-0.39, 0.29) is 0 Å². The Morgan fingerprint density at radius 1 is 1.17 bits per heavy atom. The Hall–Kier alpha value is -0.780. The van der Waals surface area contributed by atoms with Crippen molar-refractivity contribution in [2.24, 2.45) is 0 Å². The lowest BCUT2D eigenvalue weighted by molar-refractivity contribution is 0.886. The molecule has 12 heavy (non-hydrogen) atoms. The first-order valence-corrected chi connectivity index (χ1v) is 4.63. The molecule has 0 saturated heterocycles. The SMILES string of the molecule is C=C(C)/C=C\C=C/C.CCCC. The number of allylic oxidation sites excluding steroid dienone is 5. The predicted molar refractivity (Wildman–Crippen MR) is 59.4 cm³/mol. The van der Waals surface area contributed by atoms with Gasteiger partial charge in [0.05, 0.1) is 0 Å². The lowest BCUT2D eigenvalue weighted by Crippen LogP contribution is -1.56. The van der Waals surface area contributed by atoms with Gasteiger partial charge >= 0.3 is 0 Å². The van der Waals surface area contributed by atoms with Gasteiger partial charge in [-0.2, -0.15) is 0 Å². The van der Waals surface area contributed by atoms with E-state index in [9.17, 15) is 0 Å². The van der Waals surface area contributed by atoms with Gasteiger partial charge in [-0.15, -0.1) is 0 Å². The maximum absolute atomic E-state index is 3.71. The van der Waals surface area contributed by atoms with Gasteiger partial charge in [0.15, 0.2) is 0 Å². The Morgan fingerprint density at radius 2 is 1.67 bits per heavy atom. The first-order valence-electron chi connectivity index (χ1n) is 4.63. The van der Waals surface area contributed by atoms with Gasteiger partial charge in [0.25, 0.3) is 0 Å². The zero-order chi connectivity index (χ0) is 9.82. The number of hydrogen-bond acceptors (Lipinski definition) is 0. The molecule has 0 heterocycles. The summed E-state index contributed by atoms with van der Waals surface area (Å²) in [6.07, 6.45) is 10.6. The normalized spacial score (nSPS) is 10.0. The van der Waals surface area contributed by atoms with Crippen LogP contribution in [-0.2, 0) is 0 Å². The summed E-state index contributed by atoms with van der Waals surface area (Å²) < 4.78 is 0. The van der Waals surface area contributed by atoms with Gasteiger partial charge in [0.1, 0.15) is 0 Å². The topological polar surface area (TPSA) is 0 Å². The lowest BCUT2D eigenvalue weighted by Gasteiger charge is -1.78. The maximum Gasteiger partial charge on any atom is -0.0404 e. The van der Waals surface area contributed by atoms with Gasteiger partial charge in [-0.25, -0.2) is 0 Å². The second-order valence-electron chi connectivity index (χ2n) is 2.73. The van der Waals surface area contributed by atoms with Crippen molar-refractivity contribution in [3.8, 4) is 0 Å². The summed E-state index contributed by atoms with van der Waals surface area (Å²) >= 11 is 0. The summed E-state index contributed by atoms with van der Waals surface area (Å²) in [6, 6.07) is 0. The van der Waals surface area contributed by atoms with Crippen LogP contribution in [0.5, 0.6) is 0 Å². The number of hydrogen-bond donors (Lipinski definition) is 0. The monoisotopic (exact) mass is 166 g/mol. The zero-order valence-electron chi connectivity index (χ0n) is 8.93. The highest BCUT2D eigenvalue weighted by Crippen LogP contribution is 1.88. The van der Waals surface area contributed by atoms with Crippen LogP contribution in [0.3, 0.4) is 0 Å². The Labute approximate surface area is 77.7 Å². The molecule has 0 aromatic heterocycles. The second kappa shape index (κ2) is 12.9. The smallest absolute Gasteiger partial charge is 0.0404 e. The number of rotatable bonds is 3. The molecule has 0 spiro atoms. The summed E-state index contributed by atoms with van der Waals surface area (Å²) in [6.45, 7) is 12.0. The fraction of sp³-hybridized carbons (Fsp3) is 0.500. The zero-order valence-corrected chi connectivity index (χ0v) is 8.93. The van der Waals surface area contributed by atoms with Crippen LogP contribution in [0.2, 0.25) is 0 Å². The van der Waals surface area contributed by atoms with Crippen molar-refractivity contribution in [3.63, 3.8) is 0 Å². The molecule has 0 aromatic carbocycles. The molecule has 0 amide bonds. The predicted octanol–water partition coefficient (Wildman–Crippen LogP) is 4.50. The van der Waals surface area contributed by atoms with E-state index >= 15 is 0 Å². The van der Waals surface area contributed by atoms with Crippen LogP contribution in [-0.4, -0.2) is 0 Å². The van der Waals surface area contributed by atoms with E-state index < -0.39 is 0 Å². The van der Waals surface area contributed by atoms with Crippen molar-refractivity contribution in [3.05, 3.63) is 36.5 Å². The minimum Gasteiger partial charge on any atom is -0.0961 e. The summed E-state index contributed by atoms with van der Waals surface area (Å²) in [5, 5.41) is 0. The standard InChI is InChI=1S/C8H12.C4H10/c1-4-5-6-7-8(2)3;1-3-4-2/h4-7H,2H2,1,3H3;3-4H2,1-2H3/b5-4-,7-6-;. The van der Waals surface area contributed by atoms with E-state index in [1.54, 1.807) is 0 Å². The molecule has 0 N–H and O–H groups in total. The minimum absolute atomic E-state index is 1.09. The van der Waals surface area contributed by atoms with Crippen LogP contribution in [0.25, 0.3) is 0 Å². The molecule has 0 aliphatic rings. The summed E-state index contributed by atoms with van der Waals surface area (Å²) in [5.41, 5.74) is 1.09. The molecule has 0 aromatic rings. The highest BCUT2D eigenvalue weighted by molar-refractivity contribution is 5.16. The van der Waals surface area contributed by atoms with Gasteiger partial charge in [-0.05, 0) is 13.8 Å². The van der Waals surface area contributed by atoms with E-state index in [0.717, 1.165) is 5.57 Å². The molecule has 0 aliphatic heterocycles. The van der Waals surface area contributed by atoms with Crippen LogP contribution < -0.4 is 0 Å². The summed E-state index contributed by atoms with van der Waals surface area (Å²) in [4.78, 5) is 0. The van der Waals surface area contributed by atoms with Gasteiger partial charge in [0.2, 0.25) is 0 Å². The third-order valence-corrected chi connectivity index (χ3v) is 1.18. The third kappa shape index (κ3) is 22.9. The second-order valence-corrected chi connectivity index (χ2v) is 2.73. The van der Waals surface area contributed by atoms with E-state index in [0.29, 0.717) is 0 Å². The summed E-state index contributed by atoms with van der Waals surface area (Å²) in [5.74, 6) is 0. The number of unbranched alkanes of at least 4 members (excludes halogenated alkanes) is 1. The van der Waals surface area contributed by atoms with Crippen molar-refractivity contribution in [1.82, 2.24) is 0 Å². The average Bonchev–Trinajstić information content (AvgIpc) is 2.05. The lowest BCUT2D eigenvalue weighted by atomic mass is 10.3. The molecular formula is C12H22. The van der Waals surface area contributed by atoms with Crippen molar-refractivity contribution in [2.75, 3.05) is 0 Å². The molecule has 70 valence electrons. The van der Waals surface area contributed by atoms with Crippen LogP contribution in [0.15, 0.2) is 36.5 Å². The van der Waals surface area contributed by atoms with Crippen molar-refractivity contribution >= 4 is 0 Å². The molecule has 0 fully saturated rings. The Bertz CT molecular complexity index is 136. The van der Waals surface area contributed by atoms with Gasteiger partial charge < -0.3 is 0 Å². The maximum atomic E-state index is 3.71. The Morgan fingerprint density at radius 3 is 1.92 bits per heavy atom. The molecular weight excluding hydrogens is 144 g/mol. The molecule has 0 bridgehead atoms. The van der Waals surface area contributed by atoms with Crippen LogP contribution in [0.1, 0.15) is 40.5 Å². The van der Waals surface area contributed by atoms with Gasteiger partial charge in [-0.1, -0.05) is 63.1 Å². The molecule has 0 unspecified atom stereocenters. The first-order chi connectivity index (χ1) is 5.68. The quantitative estimate of drug-likeness (QED) is 0.541. The Balaban J connectivity index is 0. The third-order valence-electron chi connectivity index (χ3n) is 1.18. The minimum atomic E-state index is 1.09. The first kappa shape index (κ1) is 13.8. The van der Waals surface area contributed by atoms with Crippen molar-refractivity contribution < 1.29 is 0 Å². The van der Waals surface area contributed by atoms with E-state index in [1.165, 1.54) is 12.8 Å². The largest absolute Gasteiger partial charge is 0.0961 e. The molecule has 0 aliphatic carbocycles. The molecule has 0 atom stereocenters. The van der Waals surface area contributed by atoms with Gasteiger partial charge in [-0.3, -0.25) is 0 Å². The van der Waals surface area contributed by atoms with Crippen LogP contribution in [0.4, 0.5) is 0 Å². The fourth-order valence-corrected chi connectivity index (χ4v) is 0.331. The molecule has 0 radical (unpaired) electrons. The molecule has 0 heteroatoms. The highest BCUT2D eigenvalue weighted by atomic mass is 13.7. The molecule has 0 rings (SSSR count). The molecule has 0 saturated carbocycles. The van der Waals surface area contributed by atoms with Crippen molar-refractivity contribution in [1.29, 1.82) is 0 Å². The molecule has 0 nitrogen and oxygen atoms in total. The van der Waals surface area contributed by atoms with Gasteiger partial charge in [0, 0.05) is 0 Å². The van der Waals surface area contributed by atoms with Crippen LogP contribution >= 0.6 is 0 Å². The van der Waals surface area contributed by atoms with E-state index in [4.69, 9.17) is 0 Å². The summed E-state index contributed by atoms with van der Waals surface area (Å²) in [7, 11) is 0. The van der Waals surface area contributed by atoms with Crippen LogP contribution in [0, 0.1) is 0 Å². The fourth-order valence-electron chi connectivity index (χ4n) is 0.331.